The summed E-state index contributed by atoms with van der Waals surface area (Å²) in [4.78, 5) is 22.9. The number of aryl methyl sites for hydroxylation is 1. The van der Waals surface area contributed by atoms with Crippen LogP contribution in [0.25, 0.3) is 33.2 Å². The Hall–Kier alpha value is -4.79. The smallest absolute Gasteiger partial charge is 0.263 e. The molecule has 4 aromatic heterocycles. The number of hydrogen-bond acceptors (Lipinski definition) is 6. The first-order valence-electron chi connectivity index (χ1n) is 11.2. The summed E-state index contributed by atoms with van der Waals surface area (Å²) in [6.45, 7) is 2.01. The van der Waals surface area contributed by atoms with E-state index in [0.717, 1.165) is 27.9 Å². The van der Waals surface area contributed by atoms with Crippen LogP contribution in [-0.4, -0.2) is 33.9 Å². The third-order valence-corrected chi connectivity index (χ3v) is 6.10. The summed E-state index contributed by atoms with van der Waals surface area (Å²) in [6.07, 6.45) is 8.63. The molecule has 1 N–H and O–H groups in total. The van der Waals surface area contributed by atoms with Gasteiger partial charge in [0.05, 0.1) is 17.6 Å². The second-order valence-electron chi connectivity index (χ2n) is 8.39. The zero-order valence-electron chi connectivity index (χ0n) is 19.2. The normalized spacial score (nSPS) is 12.3. The molecule has 0 spiro atoms. The highest BCUT2D eigenvalue weighted by molar-refractivity contribution is 5.96. The first-order chi connectivity index (χ1) is 17.1. The van der Waals surface area contributed by atoms with Gasteiger partial charge in [0.2, 0.25) is 0 Å². The predicted molar refractivity (Wildman–Crippen MR) is 135 cm³/mol. The zero-order valence-corrected chi connectivity index (χ0v) is 19.2. The lowest BCUT2D eigenvalue weighted by Gasteiger charge is -2.22. The van der Waals surface area contributed by atoms with Gasteiger partial charge in [0.25, 0.3) is 5.56 Å². The molecule has 0 unspecified atom stereocenters. The second-order valence-corrected chi connectivity index (χ2v) is 8.39. The number of aromatic nitrogens is 7. The van der Waals surface area contributed by atoms with E-state index in [1.807, 2.05) is 68.7 Å². The van der Waals surface area contributed by atoms with Crippen molar-refractivity contribution in [2.24, 2.45) is 7.05 Å². The van der Waals surface area contributed by atoms with Gasteiger partial charge in [0.15, 0.2) is 11.5 Å². The molecule has 0 aliphatic rings. The highest BCUT2D eigenvalue weighted by Gasteiger charge is 2.20. The number of rotatable bonds is 5. The van der Waals surface area contributed by atoms with Crippen molar-refractivity contribution in [1.82, 2.24) is 33.9 Å². The molecule has 0 aliphatic carbocycles. The van der Waals surface area contributed by atoms with E-state index in [-0.39, 0.29) is 11.6 Å². The molecule has 172 valence electrons. The largest absolute Gasteiger partial charge is 0.359 e. The number of fused-ring (bicyclic) bond motifs is 2. The first-order valence-corrected chi connectivity index (χ1v) is 11.2. The van der Waals surface area contributed by atoms with E-state index >= 15 is 0 Å². The maximum atomic E-state index is 14.1. The van der Waals surface area contributed by atoms with E-state index in [1.54, 1.807) is 32.4 Å². The molecule has 6 aromatic rings. The van der Waals surface area contributed by atoms with E-state index < -0.39 is 0 Å². The standard InChI is InChI=1S/C26H22N8O/c1-17(31-24-25-27-11-12-33(25)30-16-28-24)22-13-18-7-6-10-21(19-14-29-32(2)15-19)23(18)26(35)34(22)20-8-4-3-5-9-20/h3-17H,1-2H3,(H,28,30,31)/t17-/m0/s1. The lowest BCUT2D eigenvalue weighted by atomic mass is 10.00. The summed E-state index contributed by atoms with van der Waals surface area (Å²) in [5.41, 5.74) is 3.87. The number of nitrogens with one attached hydrogen (secondary N) is 1. The fourth-order valence-electron chi connectivity index (χ4n) is 4.48. The van der Waals surface area contributed by atoms with Gasteiger partial charge in [0.1, 0.15) is 6.33 Å². The zero-order chi connectivity index (χ0) is 23.9. The van der Waals surface area contributed by atoms with Crippen LogP contribution in [0.3, 0.4) is 0 Å². The highest BCUT2D eigenvalue weighted by Crippen LogP contribution is 2.30. The fourth-order valence-corrected chi connectivity index (χ4v) is 4.48. The van der Waals surface area contributed by atoms with Gasteiger partial charge < -0.3 is 5.32 Å². The van der Waals surface area contributed by atoms with Crippen LogP contribution < -0.4 is 10.9 Å². The van der Waals surface area contributed by atoms with Crippen LogP contribution in [-0.2, 0) is 7.05 Å². The molecule has 6 rings (SSSR count). The summed E-state index contributed by atoms with van der Waals surface area (Å²) in [7, 11) is 1.87. The molecular formula is C26H22N8O. The van der Waals surface area contributed by atoms with Crippen molar-refractivity contribution in [3.05, 3.63) is 102 Å². The Labute approximate surface area is 200 Å². The number of anilines is 1. The molecular weight excluding hydrogens is 440 g/mol. The minimum Gasteiger partial charge on any atom is -0.359 e. The minimum atomic E-state index is -0.259. The van der Waals surface area contributed by atoms with E-state index in [0.29, 0.717) is 16.9 Å². The van der Waals surface area contributed by atoms with Gasteiger partial charge >= 0.3 is 0 Å². The Morgan fingerprint density at radius 2 is 1.86 bits per heavy atom. The average Bonchev–Trinajstić information content (AvgIpc) is 3.53. The van der Waals surface area contributed by atoms with E-state index in [4.69, 9.17) is 0 Å². The maximum Gasteiger partial charge on any atom is 0.263 e. The summed E-state index contributed by atoms with van der Waals surface area (Å²) in [5, 5.41) is 13.4. The highest BCUT2D eigenvalue weighted by atomic mass is 16.1. The topological polar surface area (TPSA) is 94.9 Å². The molecule has 35 heavy (non-hydrogen) atoms. The quantitative estimate of drug-likeness (QED) is 0.416. The fraction of sp³-hybridized carbons (Fsp3) is 0.115. The van der Waals surface area contributed by atoms with Crippen LogP contribution in [0.5, 0.6) is 0 Å². The van der Waals surface area contributed by atoms with Crippen molar-refractivity contribution in [3.8, 4) is 16.8 Å². The first kappa shape index (κ1) is 20.8. The van der Waals surface area contributed by atoms with Crippen LogP contribution in [0.15, 0.2) is 90.5 Å². The molecule has 0 saturated heterocycles. The van der Waals surface area contributed by atoms with Crippen molar-refractivity contribution in [1.29, 1.82) is 0 Å². The Balaban J connectivity index is 1.57. The van der Waals surface area contributed by atoms with Crippen molar-refractivity contribution in [2.75, 3.05) is 5.32 Å². The van der Waals surface area contributed by atoms with Crippen molar-refractivity contribution in [2.45, 2.75) is 13.0 Å². The summed E-state index contributed by atoms with van der Waals surface area (Å²) < 4.78 is 5.17. The molecule has 4 heterocycles. The van der Waals surface area contributed by atoms with Gasteiger partial charge in [-0.2, -0.15) is 10.2 Å². The molecule has 0 fully saturated rings. The van der Waals surface area contributed by atoms with E-state index in [9.17, 15) is 4.79 Å². The monoisotopic (exact) mass is 462 g/mol. The summed E-state index contributed by atoms with van der Waals surface area (Å²) in [6, 6.07) is 17.4. The van der Waals surface area contributed by atoms with Crippen LogP contribution in [0.4, 0.5) is 5.82 Å². The van der Waals surface area contributed by atoms with Crippen LogP contribution in [0, 0.1) is 0 Å². The number of nitrogens with zero attached hydrogens (tertiary/aromatic N) is 7. The number of hydrogen-bond donors (Lipinski definition) is 1. The Kier molecular flexibility index (Phi) is 4.88. The molecule has 0 radical (unpaired) electrons. The third kappa shape index (κ3) is 3.54. The number of imidazole rings is 1. The number of benzene rings is 2. The Morgan fingerprint density at radius 1 is 1.00 bits per heavy atom. The molecule has 0 aliphatic heterocycles. The molecule has 1 atom stereocenters. The Bertz CT molecular complexity index is 1730. The second kappa shape index (κ2) is 8.21. The van der Waals surface area contributed by atoms with Crippen LogP contribution in [0.2, 0.25) is 0 Å². The lowest BCUT2D eigenvalue weighted by Crippen LogP contribution is -2.26. The van der Waals surface area contributed by atoms with E-state index in [1.165, 1.54) is 6.33 Å². The molecule has 9 heteroatoms. The lowest BCUT2D eigenvalue weighted by molar-refractivity contribution is 0.768. The van der Waals surface area contributed by atoms with Gasteiger partial charge in [-0.05, 0) is 36.1 Å². The molecule has 0 amide bonds. The van der Waals surface area contributed by atoms with Crippen LogP contribution in [0.1, 0.15) is 18.7 Å². The predicted octanol–water partition coefficient (Wildman–Crippen LogP) is 4.00. The number of pyridine rings is 1. The maximum absolute atomic E-state index is 14.1. The molecule has 0 saturated carbocycles. The molecule has 2 aromatic carbocycles. The summed E-state index contributed by atoms with van der Waals surface area (Å²) in [5.74, 6) is 0.591. The summed E-state index contributed by atoms with van der Waals surface area (Å²) >= 11 is 0. The minimum absolute atomic E-state index is 0.0922. The third-order valence-electron chi connectivity index (χ3n) is 6.10. The van der Waals surface area contributed by atoms with Crippen molar-refractivity contribution >= 4 is 22.2 Å². The Morgan fingerprint density at radius 3 is 2.66 bits per heavy atom. The van der Waals surface area contributed by atoms with E-state index in [2.05, 4.69) is 31.5 Å². The SMILES string of the molecule is C[C@H](Nc1ncnn2ccnc12)c1cc2cccc(-c3cnn(C)c3)c2c(=O)n1-c1ccccc1. The van der Waals surface area contributed by atoms with Gasteiger partial charge in [-0.15, -0.1) is 0 Å². The van der Waals surface area contributed by atoms with Gasteiger partial charge in [-0.3, -0.25) is 14.0 Å². The van der Waals surface area contributed by atoms with Crippen molar-refractivity contribution < 1.29 is 0 Å². The molecule has 0 bridgehead atoms. The van der Waals surface area contributed by atoms with Gasteiger partial charge in [0, 0.05) is 42.6 Å². The van der Waals surface area contributed by atoms with Crippen molar-refractivity contribution in [3.63, 3.8) is 0 Å². The average molecular weight is 463 g/mol. The van der Waals surface area contributed by atoms with Gasteiger partial charge in [-0.25, -0.2) is 14.5 Å². The van der Waals surface area contributed by atoms with Crippen LogP contribution >= 0.6 is 0 Å². The number of para-hydroxylation sites is 1. The van der Waals surface area contributed by atoms with Gasteiger partial charge in [-0.1, -0.05) is 36.4 Å². The molecule has 9 nitrogen and oxygen atoms in total.